The van der Waals surface area contributed by atoms with Gasteiger partial charge >= 0.3 is 0 Å². The largest absolute Gasteiger partial charge is 0.336 e. The van der Waals surface area contributed by atoms with Crippen LogP contribution in [-0.2, 0) is 0 Å². The van der Waals surface area contributed by atoms with Crippen molar-refractivity contribution in [1.29, 1.82) is 0 Å². The molecule has 0 unspecified atom stereocenters. The summed E-state index contributed by atoms with van der Waals surface area (Å²) in [5.74, 6) is -1.85. The summed E-state index contributed by atoms with van der Waals surface area (Å²) in [6.07, 6.45) is 1.59. The Hall–Kier alpha value is -3.87. The molecule has 4 nitrogen and oxygen atoms in total. The number of hydrogen-bond acceptors (Lipinski definition) is 3. The molecule has 142 valence electrons. The number of amidine groups is 1. The van der Waals surface area contributed by atoms with E-state index in [1.54, 1.807) is 42.6 Å². The maximum absolute atomic E-state index is 14.4. The molecule has 1 aliphatic heterocycles. The third-order valence-corrected chi connectivity index (χ3v) is 4.76. The second-order valence-electron chi connectivity index (χ2n) is 6.54. The van der Waals surface area contributed by atoms with E-state index in [-0.39, 0.29) is 17.2 Å². The number of nitrogens with zero attached hydrogens (tertiary/aromatic N) is 2. The highest BCUT2D eigenvalue weighted by Crippen LogP contribution is 2.40. The Morgan fingerprint density at radius 3 is 2.31 bits per heavy atom. The molecule has 0 saturated heterocycles. The topological polar surface area (TPSA) is 53.1 Å². The third-order valence-electron chi connectivity index (χ3n) is 4.76. The van der Waals surface area contributed by atoms with Gasteiger partial charge in [-0.15, -0.1) is 0 Å². The molecule has 0 fully saturated rings. The SMILES string of the molecule is Fc1ccccc1-c1ccc2c(c1)N=C(c1c(F)cccc1F)Nc1c[nH]nc1-2. The number of aromatic nitrogens is 2. The van der Waals surface area contributed by atoms with Crippen molar-refractivity contribution in [3.8, 4) is 22.4 Å². The average Bonchev–Trinajstić information content (AvgIpc) is 3.10. The number of nitrogens with one attached hydrogen (secondary N) is 2. The summed E-state index contributed by atoms with van der Waals surface area (Å²) in [5, 5.41) is 9.94. The van der Waals surface area contributed by atoms with Crippen molar-refractivity contribution in [1.82, 2.24) is 10.2 Å². The smallest absolute Gasteiger partial charge is 0.144 e. The molecule has 0 atom stereocenters. The molecule has 5 rings (SSSR count). The van der Waals surface area contributed by atoms with Crippen LogP contribution < -0.4 is 5.32 Å². The maximum Gasteiger partial charge on any atom is 0.144 e. The minimum absolute atomic E-state index is 0.00711. The number of anilines is 1. The van der Waals surface area contributed by atoms with Crippen LogP contribution in [0.25, 0.3) is 22.4 Å². The van der Waals surface area contributed by atoms with Crippen molar-refractivity contribution in [2.75, 3.05) is 5.32 Å². The quantitative estimate of drug-likeness (QED) is 0.464. The van der Waals surface area contributed by atoms with Crippen molar-refractivity contribution in [2.45, 2.75) is 0 Å². The Kier molecular flexibility index (Phi) is 3.94. The van der Waals surface area contributed by atoms with E-state index in [0.29, 0.717) is 33.8 Å². The van der Waals surface area contributed by atoms with E-state index in [2.05, 4.69) is 20.5 Å². The molecule has 0 bridgehead atoms. The highest BCUT2D eigenvalue weighted by molar-refractivity contribution is 6.13. The summed E-state index contributed by atoms with van der Waals surface area (Å²) in [5.41, 5.74) is 2.88. The monoisotopic (exact) mass is 390 g/mol. The first kappa shape index (κ1) is 17.2. The van der Waals surface area contributed by atoms with Crippen molar-refractivity contribution in [3.05, 3.63) is 89.9 Å². The van der Waals surface area contributed by atoms with E-state index >= 15 is 0 Å². The first-order valence-corrected chi connectivity index (χ1v) is 8.85. The van der Waals surface area contributed by atoms with Crippen LogP contribution in [0.1, 0.15) is 5.56 Å². The minimum atomic E-state index is -0.741. The predicted molar refractivity (Wildman–Crippen MR) is 106 cm³/mol. The number of hydrogen-bond donors (Lipinski definition) is 2. The Balaban J connectivity index is 1.75. The van der Waals surface area contributed by atoms with Crippen LogP contribution in [0.4, 0.5) is 24.5 Å². The number of halogens is 3. The van der Waals surface area contributed by atoms with E-state index in [0.717, 1.165) is 0 Å². The van der Waals surface area contributed by atoms with E-state index in [1.165, 1.54) is 24.3 Å². The minimum Gasteiger partial charge on any atom is -0.336 e. The summed E-state index contributed by atoms with van der Waals surface area (Å²) in [6.45, 7) is 0. The number of rotatable bonds is 2. The molecule has 1 aliphatic rings. The average molecular weight is 390 g/mol. The molecule has 2 N–H and O–H groups in total. The summed E-state index contributed by atoms with van der Waals surface area (Å²) in [4.78, 5) is 4.48. The standard InChI is InChI=1S/C22H13F3N4/c23-15-5-2-1-4-13(15)12-8-9-14-18(10-12)27-22(28-19-11-26-29-21(14)19)20-16(24)6-3-7-17(20)25/h1-11H,(H,26,29)(H,27,28). The molecule has 2 heterocycles. The van der Waals surface area contributed by atoms with Crippen molar-refractivity contribution < 1.29 is 13.2 Å². The van der Waals surface area contributed by atoms with Crippen LogP contribution in [0.15, 0.2) is 71.9 Å². The molecule has 4 aromatic rings. The van der Waals surface area contributed by atoms with E-state index < -0.39 is 11.6 Å². The van der Waals surface area contributed by atoms with Crippen LogP contribution in [0.3, 0.4) is 0 Å². The first-order chi connectivity index (χ1) is 14.1. The van der Waals surface area contributed by atoms with Crippen LogP contribution in [0, 0.1) is 17.5 Å². The summed E-state index contributed by atoms with van der Waals surface area (Å²) in [7, 11) is 0. The molecule has 0 saturated carbocycles. The summed E-state index contributed by atoms with van der Waals surface area (Å²) >= 11 is 0. The second-order valence-corrected chi connectivity index (χ2v) is 6.54. The molecule has 0 amide bonds. The van der Waals surface area contributed by atoms with Gasteiger partial charge < -0.3 is 5.32 Å². The number of H-pyrrole nitrogens is 1. The summed E-state index contributed by atoms with van der Waals surface area (Å²) in [6, 6.07) is 15.2. The molecule has 0 aliphatic carbocycles. The Morgan fingerprint density at radius 2 is 1.52 bits per heavy atom. The fourth-order valence-corrected chi connectivity index (χ4v) is 3.40. The molecular formula is C22H13F3N4. The zero-order valence-electron chi connectivity index (χ0n) is 14.9. The van der Waals surface area contributed by atoms with Gasteiger partial charge in [-0.1, -0.05) is 30.3 Å². The summed E-state index contributed by atoms with van der Waals surface area (Å²) < 4.78 is 43.1. The van der Waals surface area contributed by atoms with Gasteiger partial charge in [0, 0.05) is 17.3 Å². The van der Waals surface area contributed by atoms with Gasteiger partial charge in [0.15, 0.2) is 0 Å². The lowest BCUT2D eigenvalue weighted by atomic mass is 10.0. The molecule has 0 radical (unpaired) electrons. The van der Waals surface area contributed by atoms with Crippen LogP contribution in [0.5, 0.6) is 0 Å². The van der Waals surface area contributed by atoms with Crippen LogP contribution in [0.2, 0.25) is 0 Å². The van der Waals surface area contributed by atoms with Gasteiger partial charge in [-0.25, -0.2) is 18.2 Å². The van der Waals surface area contributed by atoms with Gasteiger partial charge in [-0.3, -0.25) is 5.10 Å². The van der Waals surface area contributed by atoms with Gasteiger partial charge in [0.2, 0.25) is 0 Å². The lowest BCUT2D eigenvalue weighted by Crippen LogP contribution is -2.16. The Morgan fingerprint density at radius 1 is 0.759 bits per heavy atom. The van der Waals surface area contributed by atoms with E-state index in [1.807, 2.05) is 0 Å². The van der Waals surface area contributed by atoms with E-state index in [4.69, 9.17) is 0 Å². The van der Waals surface area contributed by atoms with Crippen molar-refractivity contribution in [2.24, 2.45) is 4.99 Å². The first-order valence-electron chi connectivity index (χ1n) is 8.85. The lowest BCUT2D eigenvalue weighted by molar-refractivity contribution is 0.579. The van der Waals surface area contributed by atoms with Gasteiger partial charge in [-0.2, -0.15) is 5.10 Å². The zero-order valence-corrected chi connectivity index (χ0v) is 14.9. The molecule has 0 spiro atoms. The molecule has 29 heavy (non-hydrogen) atoms. The molecule has 7 heteroatoms. The third kappa shape index (κ3) is 2.87. The Bertz CT molecular complexity index is 1260. The molecule has 3 aromatic carbocycles. The fraction of sp³-hybridized carbons (Fsp3) is 0. The van der Waals surface area contributed by atoms with Gasteiger partial charge in [-0.05, 0) is 35.9 Å². The van der Waals surface area contributed by atoms with Crippen LogP contribution >= 0.6 is 0 Å². The second kappa shape index (κ2) is 6.63. The fourth-order valence-electron chi connectivity index (χ4n) is 3.40. The normalized spacial score (nSPS) is 12.4. The van der Waals surface area contributed by atoms with Crippen LogP contribution in [-0.4, -0.2) is 16.0 Å². The number of aliphatic imine (C=N–C) groups is 1. The predicted octanol–water partition coefficient (Wildman–Crippen LogP) is 5.66. The van der Waals surface area contributed by atoms with Gasteiger partial charge in [0.25, 0.3) is 0 Å². The number of benzene rings is 3. The Labute approximate surface area is 163 Å². The van der Waals surface area contributed by atoms with Crippen molar-refractivity contribution in [3.63, 3.8) is 0 Å². The molecule has 1 aromatic heterocycles. The highest BCUT2D eigenvalue weighted by Gasteiger charge is 2.23. The van der Waals surface area contributed by atoms with E-state index in [9.17, 15) is 13.2 Å². The number of fused-ring (bicyclic) bond motifs is 3. The molecular weight excluding hydrogens is 377 g/mol. The zero-order chi connectivity index (χ0) is 20.0. The van der Waals surface area contributed by atoms with Gasteiger partial charge in [0.1, 0.15) is 29.0 Å². The van der Waals surface area contributed by atoms with Crippen molar-refractivity contribution >= 4 is 17.2 Å². The highest BCUT2D eigenvalue weighted by atomic mass is 19.1. The maximum atomic E-state index is 14.4. The lowest BCUT2D eigenvalue weighted by Gasteiger charge is -2.10. The van der Waals surface area contributed by atoms with Gasteiger partial charge in [0.05, 0.1) is 16.9 Å². The number of aromatic amines is 1.